The third-order valence-electron chi connectivity index (χ3n) is 7.12. The van der Waals surface area contributed by atoms with Crippen molar-refractivity contribution in [3.63, 3.8) is 0 Å². The van der Waals surface area contributed by atoms with Crippen LogP contribution in [0.25, 0.3) is 10.9 Å². The van der Waals surface area contributed by atoms with E-state index in [0.717, 1.165) is 22.2 Å². The number of alkyl halides is 6. The lowest BCUT2D eigenvalue weighted by molar-refractivity contribution is -0.193. The van der Waals surface area contributed by atoms with Crippen molar-refractivity contribution in [2.75, 3.05) is 13.1 Å². The smallest absolute Gasteiger partial charge is 0.489 e. The number of amides is 2. The topological polar surface area (TPSA) is 178 Å². The number of terminal acetylenes is 1. The van der Waals surface area contributed by atoms with Crippen LogP contribution < -0.4 is 15.5 Å². The van der Waals surface area contributed by atoms with Crippen LogP contribution in [0.1, 0.15) is 35.0 Å². The van der Waals surface area contributed by atoms with E-state index in [2.05, 4.69) is 16.2 Å². The molecule has 1 fully saturated rings. The van der Waals surface area contributed by atoms with Crippen LogP contribution in [0, 0.1) is 25.2 Å². The Morgan fingerprint density at radius 2 is 1.58 bits per heavy atom. The normalized spacial score (nSPS) is 16.6. The number of carboxylic acids is 2. The predicted octanol–water partition coefficient (Wildman–Crippen LogP) is 4.34. The summed E-state index contributed by atoms with van der Waals surface area (Å²) in [5, 5.41) is 27.4. The number of ether oxygens (including phenoxy) is 1. The van der Waals surface area contributed by atoms with Gasteiger partial charge in [0, 0.05) is 35.3 Å². The Balaban J connectivity index is 0.000000521. The lowest BCUT2D eigenvalue weighted by atomic mass is 9.89. The number of nitrogens with one attached hydrogen (secondary N) is 2. The van der Waals surface area contributed by atoms with Gasteiger partial charge in [0.05, 0.1) is 23.5 Å². The average molecular weight is 715 g/mol. The molecule has 1 unspecified atom stereocenters. The molecule has 1 aliphatic rings. The second-order valence-corrected chi connectivity index (χ2v) is 10.6. The number of aliphatic carboxylic acids is 2. The Morgan fingerprint density at radius 1 is 1.02 bits per heavy atom. The quantitative estimate of drug-likeness (QED) is 0.102. The van der Waals surface area contributed by atoms with Crippen molar-refractivity contribution in [2.24, 2.45) is 5.92 Å². The van der Waals surface area contributed by atoms with E-state index in [1.807, 2.05) is 49.1 Å². The van der Waals surface area contributed by atoms with E-state index in [0.29, 0.717) is 37.4 Å². The second kappa shape index (κ2) is 17.8. The van der Waals surface area contributed by atoms with E-state index in [1.54, 1.807) is 29.7 Å². The van der Waals surface area contributed by atoms with Gasteiger partial charge in [-0.05, 0) is 56.7 Å². The number of fused-ring (bicyclic) bond motifs is 1. The Kier molecular flexibility index (Phi) is 14.5. The van der Waals surface area contributed by atoms with Gasteiger partial charge in [-0.3, -0.25) is 24.7 Å². The molecule has 2 amide bonds. The van der Waals surface area contributed by atoms with Crippen LogP contribution in [-0.2, 0) is 21.0 Å². The van der Waals surface area contributed by atoms with Gasteiger partial charge in [0.25, 0.3) is 5.91 Å². The van der Waals surface area contributed by atoms with E-state index >= 15 is 0 Å². The minimum Gasteiger partial charge on any atom is -0.489 e. The molecule has 12 nitrogen and oxygen atoms in total. The number of carboxylic acid groups (broad SMARTS) is 2. The van der Waals surface area contributed by atoms with E-state index in [-0.39, 0.29) is 11.9 Å². The fourth-order valence-electron chi connectivity index (χ4n) is 4.61. The highest BCUT2D eigenvalue weighted by Crippen LogP contribution is 2.23. The van der Waals surface area contributed by atoms with Gasteiger partial charge in [0.15, 0.2) is 0 Å². The number of carbonyl (C=O) groups excluding carboxylic acids is 2. The van der Waals surface area contributed by atoms with Crippen molar-refractivity contribution in [3.8, 4) is 18.1 Å². The molecule has 0 saturated carbocycles. The van der Waals surface area contributed by atoms with Crippen molar-refractivity contribution >= 4 is 34.7 Å². The maximum Gasteiger partial charge on any atom is 0.490 e. The van der Waals surface area contributed by atoms with Crippen molar-refractivity contribution in [3.05, 3.63) is 71.4 Å². The monoisotopic (exact) mass is 714 g/mol. The number of nitrogens with zero attached hydrogens (tertiary/aromatic N) is 2. The summed E-state index contributed by atoms with van der Waals surface area (Å²) in [5.74, 6) is -3.58. The minimum absolute atomic E-state index is 0.125. The number of halogens is 6. The number of hydrogen-bond acceptors (Lipinski definition) is 8. The number of piperidine rings is 1. The summed E-state index contributed by atoms with van der Waals surface area (Å²) in [6.07, 6.45) is -4.14. The number of aromatic nitrogens is 1. The molecule has 2 aromatic carbocycles. The highest BCUT2D eigenvalue weighted by atomic mass is 19.4. The van der Waals surface area contributed by atoms with Gasteiger partial charge in [-0.25, -0.2) is 15.1 Å². The summed E-state index contributed by atoms with van der Waals surface area (Å²) in [6, 6.07) is 16.2. The Labute approximate surface area is 281 Å². The number of aryl methyl sites for hydroxylation is 1. The van der Waals surface area contributed by atoms with Crippen LogP contribution in [-0.4, -0.2) is 86.6 Å². The van der Waals surface area contributed by atoms with Gasteiger partial charge in [0.1, 0.15) is 12.4 Å². The lowest BCUT2D eigenvalue weighted by Gasteiger charge is -2.39. The van der Waals surface area contributed by atoms with E-state index in [9.17, 15) is 35.9 Å². The molecule has 1 aliphatic heterocycles. The molecule has 5 N–H and O–H groups in total. The van der Waals surface area contributed by atoms with Crippen LogP contribution >= 0.6 is 0 Å². The number of carbonyl (C=O) groups is 4. The predicted molar refractivity (Wildman–Crippen MR) is 164 cm³/mol. The summed E-state index contributed by atoms with van der Waals surface area (Å²) in [6.45, 7) is 5.25. The second-order valence-electron chi connectivity index (χ2n) is 10.6. The summed E-state index contributed by atoms with van der Waals surface area (Å²) in [7, 11) is 0. The average Bonchev–Trinajstić information content (AvgIpc) is 3.06. The van der Waals surface area contributed by atoms with Gasteiger partial charge in [-0.1, -0.05) is 24.1 Å². The Hall–Kier alpha value is -5.41. The molecule has 3 atom stereocenters. The van der Waals surface area contributed by atoms with Crippen LogP contribution in [0.4, 0.5) is 26.3 Å². The molecule has 0 bridgehead atoms. The maximum atomic E-state index is 13.0. The largest absolute Gasteiger partial charge is 0.490 e. The molecule has 3 aromatic rings. The van der Waals surface area contributed by atoms with Gasteiger partial charge >= 0.3 is 24.3 Å². The van der Waals surface area contributed by atoms with Gasteiger partial charge in [-0.15, -0.1) is 6.42 Å². The third kappa shape index (κ3) is 12.2. The highest BCUT2D eigenvalue weighted by molar-refractivity contribution is 5.95. The summed E-state index contributed by atoms with van der Waals surface area (Å²) in [5.41, 5.74) is 5.04. The molecule has 270 valence electrons. The number of pyridine rings is 1. The molecule has 0 spiro atoms. The number of hydrogen-bond donors (Lipinski definition) is 5. The first-order chi connectivity index (χ1) is 23.3. The number of hydroxylamine groups is 1. The molecule has 0 aliphatic carbocycles. The maximum absolute atomic E-state index is 13.0. The number of likely N-dealkylation sites (tertiary alicyclic amines) is 1. The number of para-hydroxylation sites is 1. The third-order valence-corrected chi connectivity index (χ3v) is 7.12. The standard InChI is InChI=1S/C28H30N4O4.2C2HF3O2/c1-4-19(3)32-14-13-24(28(34)31-35)26(16-32)30-27(33)20-9-11-22(12-10-20)36-17-21-15-18(2)29-25-8-6-5-7-23(21)25;2*3-2(4,5)1(6)7/h1,5-12,15,19,24,26,35H,13-14,16-17H2,2-3H3,(H,30,33)(H,31,34);2*(H,6,7)/t19?,24-,26+;;/m0../s1. The van der Waals surface area contributed by atoms with Gasteiger partial charge in [-0.2, -0.15) is 26.3 Å². The van der Waals surface area contributed by atoms with E-state index in [1.165, 1.54) is 0 Å². The zero-order valence-corrected chi connectivity index (χ0v) is 26.4. The van der Waals surface area contributed by atoms with Crippen LogP contribution in [0.2, 0.25) is 0 Å². The Bertz CT molecular complexity index is 1670. The Morgan fingerprint density at radius 3 is 2.10 bits per heavy atom. The molecule has 1 saturated heterocycles. The van der Waals surface area contributed by atoms with Crippen LogP contribution in [0.15, 0.2) is 54.6 Å². The molecule has 0 radical (unpaired) electrons. The van der Waals surface area contributed by atoms with Crippen LogP contribution in [0.3, 0.4) is 0 Å². The lowest BCUT2D eigenvalue weighted by Crippen LogP contribution is -2.57. The first kappa shape index (κ1) is 40.8. The molecular formula is C32H32F6N4O8. The number of rotatable bonds is 7. The SMILES string of the molecule is C#CC(C)N1CC[C@H](C(=O)NO)[C@H](NC(=O)c2ccc(OCc3cc(C)nc4ccccc34)cc2)C1.O=C(O)C(F)(F)F.O=C(O)C(F)(F)F. The zero-order chi connectivity index (χ0) is 37.8. The van der Waals surface area contributed by atoms with E-state index < -0.39 is 42.2 Å². The highest BCUT2D eigenvalue weighted by Gasteiger charge is 2.39. The summed E-state index contributed by atoms with van der Waals surface area (Å²) >= 11 is 0. The van der Waals surface area contributed by atoms with Crippen molar-refractivity contribution in [1.29, 1.82) is 0 Å². The summed E-state index contributed by atoms with van der Waals surface area (Å²) < 4.78 is 69.5. The fraction of sp³-hybridized carbons (Fsp3) is 0.344. The molecule has 50 heavy (non-hydrogen) atoms. The van der Waals surface area contributed by atoms with Crippen LogP contribution in [0.5, 0.6) is 5.75 Å². The fourth-order valence-corrected chi connectivity index (χ4v) is 4.61. The van der Waals surface area contributed by atoms with Crippen molar-refractivity contribution in [2.45, 2.75) is 51.3 Å². The first-order valence-corrected chi connectivity index (χ1v) is 14.4. The molecule has 4 rings (SSSR count). The van der Waals surface area contributed by atoms with Crippen molar-refractivity contribution in [1.82, 2.24) is 20.7 Å². The van der Waals surface area contributed by atoms with Crippen molar-refractivity contribution < 1.29 is 65.7 Å². The van der Waals surface area contributed by atoms with Gasteiger partial charge < -0.3 is 20.3 Å². The molecule has 2 heterocycles. The molecular weight excluding hydrogens is 682 g/mol. The molecule has 1 aromatic heterocycles. The number of benzene rings is 2. The first-order valence-electron chi connectivity index (χ1n) is 14.4. The van der Waals surface area contributed by atoms with E-state index in [4.69, 9.17) is 36.2 Å². The molecule has 18 heteroatoms. The zero-order valence-electron chi connectivity index (χ0n) is 26.4. The minimum atomic E-state index is -5.08. The van der Waals surface area contributed by atoms with Gasteiger partial charge in [0.2, 0.25) is 5.91 Å². The summed E-state index contributed by atoms with van der Waals surface area (Å²) in [4.78, 5) is 49.6.